The number of para-hydroxylation sites is 1. The van der Waals surface area contributed by atoms with Gasteiger partial charge in [-0.3, -0.25) is 0 Å². The van der Waals surface area contributed by atoms with Gasteiger partial charge in [-0.2, -0.15) is 0 Å². The van der Waals surface area contributed by atoms with Crippen LogP contribution in [0.3, 0.4) is 0 Å². The lowest BCUT2D eigenvalue weighted by Crippen LogP contribution is -2.11. The van der Waals surface area contributed by atoms with Crippen molar-refractivity contribution in [2.24, 2.45) is 0 Å². The van der Waals surface area contributed by atoms with E-state index < -0.39 is 5.97 Å². The number of hydrogen-bond acceptors (Lipinski definition) is 4. The third kappa shape index (κ3) is 5.12. The van der Waals surface area contributed by atoms with Crippen LogP contribution in [0.2, 0.25) is 0 Å². The fourth-order valence-electron chi connectivity index (χ4n) is 4.01. The topological polar surface area (TPSA) is 55.8 Å². The van der Waals surface area contributed by atoms with Gasteiger partial charge < -0.3 is 14.6 Å². The summed E-state index contributed by atoms with van der Waals surface area (Å²) in [5.41, 5.74) is 6.51. The molecule has 3 aromatic rings. The number of hydrogen-bond donors (Lipinski definition) is 1. The molecule has 0 amide bonds. The predicted molar refractivity (Wildman–Crippen MR) is 137 cm³/mol. The van der Waals surface area contributed by atoms with Gasteiger partial charge in [0.15, 0.2) is 0 Å². The number of carbonyl (C=O) groups is 1. The molecular weight excluding hydrogens is 424 g/mol. The van der Waals surface area contributed by atoms with Gasteiger partial charge >= 0.3 is 5.97 Å². The number of ether oxygens (including phenoxy) is 2. The quantitative estimate of drug-likeness (QED) is 0.0996. The number of aryl methyl sites for hydroxylation is 4. The highest BCUT2D eigenvalue weighted by Gasteiger charge is 2.26. The van der Waals surface area contributed by atoms with Crippen LogP contribution in [0.25, 0.3) is 0 Å². The first kappa shape index (κ1) is 24.6. The average Bonchev–Trinajstić information content (AvgIpc) is 2.81. The van der Waals surface area contributed by atoms with Gasteiger partial charge in [0, 0.05) is 17.6 Å². The molecule has 1 N–H and O–H groups in total. The first-order chi connectivity index (χ1) is 16.2. The fourth-order valence-corrected chi connectivity index (χ4v) is 4.01. The van der Waals surface area contributed by atoms with Crippen molar-refractivity contribution in [1.82, 2.24) is 0 Å². The normalized spacial score (nSPS) is 11.4. The van der Waals surface area contributed by atoms with E-state index in [0.29, 0.717) is 17.3 Å². The van der Waals surface area contributed by atoms with E-state index >= 15 is 0 Å². The van der Waals surface area contributed by atoms with Crippen molar-refractivity contribution in [2.75, 3.05) is 0 Å². The van der Waals surface area contributed by atoms with Gasteiger partial charge in [0.25, 0.3) is 0 Å². The Labute approximate surface area is 201 Å². The molecule has 0 fully saturated rings. The lowest BCUT2D eigenvalue weighted by molar-refractivity contribution is -0.129. The summed E-state index contributed by atoms with van der Waals surface area (Å²) in [6.45, 7) is 18.9. The highest BCUT2D eigenvalue weighted by atomic mass is 16.5. The number of aromatic hydroxyl groups is 1. The van der Waals surface area contributed by atoms with Crippen LogP contribution in [0.5, 0.6) is 17.2 Å². The van der Waals surface area contributed by atoms with Crippen LogP contribution in [0.1, 0.15) is 44.9 Å². The van der Waals surface area contributed by atoms with E-state index in [-0.39, 0.29) is 11.7 Å². The minimum atomic E-state index is -0.501. The molecule has 0 saturated carbocycles. The van der Waals surface area contributed by atoms with E-state index in [2.05, 4.69) is 19.7 Å². The Hall–Kier alpha value is -4.05. The van der Waals surface area contributed by atoms with Crippen molar-refractivity contribution >= 4 is 5.97 Å². The van der Waals surface area contributed by atoms with Crippen LogP contribution in [0.4, 0.5) is 0 Å². The Kier molecular flexibility index (Phi) is 7.42. The molecule has 0 radical (unpaired) electrons. The lowest BCUT2D eigenvalue weighted by atomic mass is 9.79. The van der Waals surface area contributed by atoms with Crippen molar-refractivity contribution in [3.8, 4) is 17.2 Å². The van der Waals surface area contributed by atoms with Crippen LogP contribution < -0.4 is 9.47 Å². The Morgan fingerprint density at radius 3 is 2.06 bits per heavy atom. The van der Waals surface area contributed by atoms with Crippen molar-refractivity contribution in [3.05, 3.63) is 125 Å². The fraction of sp³-hybridized carbons (Fsp3) is 0.167. The maximum atomic E-state index is 11.8. The zero-order valence-corrected chi connectivity index (χ0v) is 20.1. The molecule has 4 heteroatoms. The molecule has 3 aromatic carbocycles. The molecule has 1 unspecified atom stereocenters. The van der Waals surface area contributed by atoms with Crippen molar-refractivity contribution in [1.29, 1.82) is 0 Å². The van der Waals surface area contributed by atoms with Crippen molar-refractivity contribution in [3.63, 3.8) is 0 Å². The maximum absolute atomic E-state index is 11.8. The van der Waals surface area contributed by atoms with Gasteiger partial charge in [0.05, 0.1) is 0 Å². The van der Waals surface area contributed by atoms with Crippen LogP contribution in [-0.2, 0) is 4.79 Å². The largest absolute Gasteiger partial charge is 0.508 e. The smallest absolute Gasteiger partial charge is 0.335 e. The Morgan fingerprint density at radius 1 is 0.794 bits per heavy atom. The average molecular weight is 455 g/mol. The molecule has 0 spiro atoms. The minimum absolute atomic E-state index is 0.212. The summed E-state index contributed by atoms with van der Waals surface area (Å²) >= 11 is 0. The van der Waals surface area contributed by atoms with Crippen LogP contribution in [0.15, 0.2) is 86.2 Å². The predicted octanol–water partition coefficient (Wildman–Crippen LogP) is 6.98. The standard InChI is InChI=1S/C30H30O4/c1-8-22(7)33-27-13-11-10-12-23(27)30(24-14-20(5)26(31)16-18(24)3)25-15-21(6)28(17-19(25)4)34-29(32)9-2/h8-17,30-31H,1-2,7H2,3-6H3. The molecule has 0 aliphatic heterocycles. The molecule has 0 aromatic heterocycles. The zero-order chi connectivity index (χ0) is 25.0. The molecule has 4 nitrogen and oxygen atoms in total. The number of allylic oxidation sites excluding steroid dienone is 1. The number of carbonyl (C=O) groups excluding carboxylic acids is 1. The Bertz CT molecular complexity index is 1280. The summed E-state index contributed by atoms with van der Waals surface area (Å²) < 4.78 is 11.5. The van der Waals surface area contributed by atoms with E-state index in [0.717, 1.165) is 45.0 Å². The second-order valence-electron chi connectivity index (χ2n) is 8.34. The molecule has 34 heavy (non-hydrogen) atoms. The van der Waals surface area contributed by atoms with Crippen LogP contribution in [-0.4, -0.2) is 11.1 Å². The van der Waals surface area contributed by atoms with Crippen LogP contribution >= 0.6 is 0 Å². The maximum Gasteiger partial charge on any atom is 0.335 e. The van der Waals surface area contributed by atoms with Crippen molar-refractivity contribution < 1.29 is 19.4 Å². The van der Waals surface area contributed by atoms with E-state index in [1.807, 2.05) is 70.2 Å². The molecule has 174 valence electrons. The van der Waals surface area contributed by atoms with Gasteiger partial charge in [-0.25, -0.2) is 4.79 Å². The molecule has 0 heterocycles. The summed E-state index contributed by atoms with van der Waals surface area (Å²) in [7, 11) is 0. The van der Waals surface area contributed by atoms with E-state index in [9.17, 15) is 9.90 Å². The van der Waals surface area contributed by atoms with Gasteiger partial charge in [-0.1, -0.05) is 50.1 Å². The van der Waals surface area contributed by atoms with Gasteiger partial charge in [0.1, 0.15) is 23.0 Å². The monoisotopic (exact) mass is 454 g/mol. The van der Waals surface area contributed by atoms with Crippen molar-refractivity contribution in [2.45, 2.75) is 33.6 Å². The molecule has 0 saturated heterocycles. The molecule has 3 rings (SSSR count). The Balaban J connectivity index is 2.29. The summed E-state index contributed by atoms with van der Waals surface area (Å²) in [6, 6.07) is 15.5. The van der Waals surface area contributed by atoms with E-state index in [1.54, 1.807) is 12.1 Å². The third-order valence-electron chi connectivity index (χ3n) is 5.85. The third-order valence-corrected chi connectivity index (χ3v) is 5.85. The highest BCUT2D eigenvalue weighted by molar-refractivity contribution is 5.83. The molecular formula is C30H30O4. The van der Waals surface area contributed by atoms with E-state index in [4.69, 9.17) is 9.47 Å². The summed E-state index contributed by atoms with van der Waals surface area (Å²) in [5, 5.41) is 10.3. The number of esters is 1. The summed E-state index contributed by atoms with van der Waals surface area (Å²) in [6.07, 6.45) is 2.72. The number of rotatable bonds is 8. The molecule has 1 atom stereocenters. The SMILES string of the molecule is C=CC(=C)Oc1ccccc1C(c1cc(C)c(O)cc1C)c1cc(C)c(OC(=O)C=C)cc1C. The second-order valence-corrected chi connectivity index (χ2v) is 8.34. The summed E-state index contributed by atoms with van der Waals surface area (Å²) in [4.78, 5) is 11.8. The number of benzene rings is 3. The number of phenolic OH excluding ortho intramolecular Hbond substituents is 1. The Morgan fingerprint density at radius 2 is 1.41 bits per heavy atom. The first-order valence-electron chi connectivity index (χ1n) is 11.0. The van der Waals surface area contributed by atoms with Gasteiger partial charge in [0.2, 0.25) is 0 Å². The van der Waals surface area contributed by atoms with E-state index in [1.165, 1.54) is 0 Å². The molecule has 0 bridgehead atoms. The lowest BCUT2D eigenvalue weighted by Gasteiger charge is -2.26. The number of phenols is 1. The van der Waals surface area contributed by atoms with Crippen LogP contribution in [0, 0.1) is 27.7 Å². The first-order valence-corrected chi connectivity index (χ1v) is 11.0. The second kappa shape index (κ2) is 10.3. The zero-order valence-electron chi connectivity index (χ0n) is 20.1. The minimum Gasteiger partial charge on any atom is -0.508 e. The highest BCUT2D eigenvalue weighted by Crippen LogP contribution is 2.43. The van der Waals surface area contributed by atoms with Gasteiger partial charge in [-0.05, 0) is 85.4 Å². The summed E-state index contributed by atoms with van der Waals surface area (Å²) in [5.74, 6) is 1.15. The molecule has 0 aliphatic rings. The molecule has 0 aliphatic carbocycles. The van der Waals surface area contributed by atoms with Gasteiger partial charge in [-0.15, -0.1) is 0 Å².